The van der Waals surface area contributed by atoms with E-state index in [1.165, 1.54) is 20.4 Å². The zero-order valence-corrected chi connectivity index (χ0v) is 20.8. The first-order valence-electron chi connectivity index (χ1n) is 10.1. The SMILES string of the molecule is C=c1ccc2c(c1-c1ccc[se]1)[Si](C(C)(C)C)(C(C)(C)C)c1cc(O)ccc1N=2. The van der Waals surface area contributed by atoms with E-state index in [2.05, 4.69) is 77.3 Å². The zero-order valence-electron chi connectivity index (χ0n) is 18.1. The van der Waals surface area contributed by atoms with E-state index < -0.39 is 8.07 Å². The second-order valence-corrected chi connectivity index (χ2v) is 17.6. The Balaban J connectivity index is 2.33. The molecule has 0 saturated heterocycles. The van der Waals surface area contributed by atoms with Crippen LogP contribution in [-0.2, 0) is 0 Å². The van der Waals surface area contributed by atoms with Gasteiger partial charge in [0.05, 0.1) is 0 Å². The first kappa shape index (κ1) is 20.4. The van der Waals surface area contributed by atoms with Gasteiger partial charge >= 0.3 is 181 Å². The Kier molecular flexibility index (Phi) is 4.62. The van der Waals surface area contributed by atoms with Gasteiger partial charge < -0.3 is 0 Å². The van der Waals surface area contributed by atoms with Gasteiger partial charge in [-0.3, -0.25) is 0 Å². The topological polar surface area (TPSA) is 32.6 Å². The second kappa shape index (κ2) is 6.56. The Hall–Kier alpha value is -1.87. The molecule has 1 aromatic heterocycles. The van der Waals surface area contributed by atoms with Crippen molar-refractivity contribution in [3.8, 4) is 15.8 Å². The van der Waals surface area contributed by atoms with Crippen molar-refractivity contribution in [3.05, 3.63) is 58.0 Å². The van der Waals surface area contributed by atoms with Gasteiger partial charge in [-0.15, -0.1) is 0 Å². The molecule has 0 atom stereocenters. The Morgan fingerprint density at radius 1 is 0.966 bits per heavy atom. The first-order valence-corrected chi connectivity index (χ1v) is 13.9. The summed E-state index contributed by atoms with van der Waals surface area (Å²) in [5.74, 6) is 0.325. The molecule has 2 nitrogen and oxygen atoms in total. The zero-order chi connectivity index (χ0) is 21.2. The van der Waals surface area contributed by atoms with Crippen LogP contribution in [0.4, 0.5) is 5.69 Å². The number of rotatable bonds is 1. The Morgan fingerprint density at radius 3 is 2.24 bits per heavy atom. The molecule has 0 fully saturated rings. The van der Waals surface area contributed by atoms with Crippen molar-refractivity contribution in [1.29, 1.82) is 0 Å². The molecule has 1 aliphatic rings. The number of nitrogens with zero attached hydrogens (tertiary/aromatic N) is 1. The number of fused-ring (bicyclic) bond motifs is 2. The van der Waals surface area contributed by atoms with E-state index in [4.69, 9.17) is 4.99 Å². The molecule has 0 radical (unpaired) electrons. The Bertz CT molecular complexity index is 1180. The Morgan fingerprint density at radius 2 is 1.66 bits per heavy atom. The van der Waals surface area contributed by atoms with Crippen molar-refractivity contribution in [1.82, 2.24) is 0 Å². The molecule has 3 aromatic rings. The predicted octanol–water partition coefficient (Wildman–Crippen LogP) is 3.95. The summed E-state index contributed by atoms with van der Waals surface area (Å²) in [7, 11) is -2.45. The van der Waals surface area contributed by atoms with Crippen LogP contribution in [-0.4, -0.2) is 27.7 Å². The molecule has 150 valence electrons. The molecule has 4 rings (SSSR count). The van der Waals surface area contributed by atoms with Crippen molar-refractivity contribution >= 4 is 45.2 Å². The molecule has 2 aromatic carbocycles. The average molecular weight is 467 g/mol. The van der Waals surface area contributed by atoms with Crippen LogP contribution in [0.15, 0.2) is 52.4 Å². The van der Waals surface area contributed by atoms with Gasteiger partial charge in [0.1, 0.15) is 0 Å². The Labute approximate surface area is 180 Å². The standard InChI is InChI=1S/C25H29NOSeSi/c1-16-10-12-19-23(22(16)20-9-8-14-28-20)29(24(2,3)4,25(5,6)7)21-15-17(27)11-13-18(21)26-19/h8-15,27H,1H2,2-7H3. The van der Waals surface area contributed by atoms with Crippen LogP contribution in [0.2, 0.25) is 10.1 Å². The van der Waals surface area contributed by atoms with E-state index in [0.717, 1.165) is 16.3 Å². The number of phenolic OH excluding ortho intramolecular Hbond substituents is 1. The minimum absolute atomic E-state index is 0.0145. The molecule has 0 amide bonds. The summed E-state index contributed by atoms with van der Waals surface area (Å²) in [6, 6.07) is 14.5. The van der Waals surface area contributed by atoms with Crippen LogP contribution < -0.4 is 20.9 Å². The third kappa shape index (κ3) is 2.84. The molecule has 0 spiro atoms. The summed E-state index contributed by atoms with van der Waals surface area (Å²) >= 11 is 0.316. The summed E-state index contributed by atoms with van der Waals surface area (Å²) in [6.45, 7) is 18.7. The van der Waals surface area contributed by atoms with Crippen LogP contribution in [0.25, 0.3) is 16.6 Å². The summed E-state index contributed by atoms with van der Waals surface area (Å²) in [6.07, 6.45) is 0. The number of benzene rings is 2. The van der Waals surface area contributed by atoms with E-state index in [1.54, 1.807) is 6.07 Å². The average Bonchev–Trinajstić information content (AvgIpc) is 3.12. The molecular weight excluding hydrogens is 437 g/mol. The van der Waals surface area contributed by atoms with E-state index in [-0.39, 0.29) is 10.1 Å². The van der Waals surface area contributed by atoms with Crippen LogP contribution in [0.5, 0.6) is 5.75 Å². The summed E-state index contributed by atoms with van der Waals surface area (Å²) < 4.78 is 1.39. The monoisotopic (exact) mass is 467 g/mol. The van der Waals surface area contributed by atoms with Crippen molar-refractivity contribution in [2.45, 2.75) is 51.6 Å². The quantitative estimate of drug-likeness (QED) is 0.541. The van der Waals surface area contributed by atoms with Crippen LogP contribution in [0, 0.1) is 0 Å². The fraction of sp³-hybridized carbons (Fsp3) is 0.320. The minimum atomic E-state index is -2.45. The second-order valence-electron chi connectivity index (χ2n) is 10.0. The summed E-state index contributed by atoms with van der Waals surface area (Å²) in [5.41, 5.74) is 2.32. The number of aromatic hydroxyl groups is 1. The predicted molar refractivity (Wildman–Crippen MR) is 127 cm³/mol. The fourth-order valence-electron chi connectivity index (χ4n) is 5.68. The molecule has 1 N–H and O–H groups in total. The van der Waals surface area contributed by atoms with Crippen LogP contribution in [0.1, 0.15) is 41.5 Å². The van der Waals surface area contributed by atoms with Gasteiger partial charge in [-0.1, -0.05) is 0 Å². The van der Waals surface area contributed by atoms with Crippen molar-refractivity contribution in [3.63, 3.8) is 0 Å². The van der Waals surface area contributed by atoms with Crippen molar-refractivity contribution < 1.29 is 5.11 Å². The summed E-state index contributed by atoms with van der Waals surface area (Å²) in [5, 5.41) is 15.3. The van der Waals surface area contributed by atoms with Gasteiger partial charge in [-0.05, 0) is 0 Å². The summed E-state index contributed by atoms with van der Waals surface area (Å²) in [4.78, 5) is 7.38. The number of hydrogen-bond acceptors (Lipinski definition) is 2. The first-order chi connectivity index (χ1) is 13.5. The number of hydrogen-bond donors (Lipinski definition) is 1. The van der Waals surface area contributed by atoms with Crippen molar-refractivity contribution in [2.24, 2.45) is 4.99 Å². The third-order valence-electron chi connectivity index (χ3n) is 6.29. The molecular formula is C25H29NOSeSi. The van der Waals surface area contributed by atoms with E-state index in [9.17, 15) is 5.11 Å². The maximum atomic E-state index is 10.5. The van der Waals surface area contributed by atoms with E-state index >= 15 is 0 Å². The molecule has 0 bridgehead atoms. The fourth-order valence-corrected chi connectivity index (χ4v) is 15.3. The number of phenols is 1. The van der Waals surface area contributed by atoms with Gasteiger partial charge in [0.2, 0.25) is 0 Å². The van der Waals surface area contributed by atoms with Gasteiger partial charge in [0.25, 0.3) is 0 Å². The van der Waals surface area contributed by atoms with Crippen LogP contribution in [0.3, 0.4) is 0 Å². The van der Waals surface area contributed by atoms with Gasteiger partial charge in [0, 0.05) is 0 Å². The molecule has 0 unspecified atom stereocenters. The van der Waals surface area contributed by atoms with E-state index in [1.807, 2.05) is 12.1 Å². The molecule has 1 aliphatic heterocycles. The third-order valence-corrected chi connectivity index (χ3v) is 15.1. The molecule has 0 aliphatic carbocycles. The molecule has 4 heteroatoms. The van der Waals surface area contributed by atoms with Crippen molar-refractivity contribution in [2.75, 3.05) is 0 Å². The molecule has 29 heavy (non-hydrogen) atoms. The van der Waals surface area contributed by atoms with E-state index in [0.29, 0.717) is 20.3 Å². The van der Waals surface area contributed by atoms with Gasteiger partial charge in [-0.2, -0.15) is 0 Å². The molecule has 0 saturated carbocycles. The van der Waals surface area contributed by atoms with Gasteiger partial charge in [0.15, 0.2) is 0 Å². The maximum absolute atomic E-state index is 10.5. The normalized spacial score (nSPS) is 15.4. The van der Waals surface area contributed by atoms with Gasteiger partial charge in [-0.25, -0.2) is 0 Å². The molecule has 2 heterocycles. The van der Waals surface area contributed by atoms with Crippen LogP contribution >= 0.6 is 0 Å².